The molecule has 0 bridgehead atoms. The summed E-state index contributed by atoms with van der Waals surface area (Å²) in [6.45, 7) is 6.04. The van der Waals surface area contributed by atoms with Gasteiger partial charge >= 0.3 is 0 Å². The molecule has 6 nitrogen and oxygen atoms in total. The minimum Gasteiger partial charge on any atom is -0.489 e. The molecule has 1 N–H and O–H groups in total. The minimum absolute atomic E-state index is 0.146. The molecule has 0 aromatic heterocycles. The molecule has 3 aromatic carbocycles. The van der Waals surface area contributed by atoms with Crippen molar-refractivity contribution >= 4 is 5.91 Å². The third kappa shape index (κ3) is 6.44. The van der Waals surface area contributed by atoms with Gasteiger partial charge in [0.1, 0.15) is 12.4 Å². The summed E-state index contributed by atoms with van der Waals surface area (Å²) in [5.74, 6) is 0.446. The van der Waals surface area contributed by atoms with Crippen molar-refractivity contribution in [2.75, 3.05) is 33.2 Å². The van der Waals surface area contributed by atoms with Gasteiger partial charge in [-0.2, -0.15) is 5.26 Å². The van der Waals surface area contributed by atoms with E-state index in [4.69, 9.17) is 4.74 Å². The highest BCUT2D eigenvalue weighted by molar-refractivity contribution is 5.94. The lowest BCUT2D eigenvalue weighted by atomic mass is 10.1. The van der Waals surface area contributed by atoms with E-state index in [-0.39, 0.29) is 12.5 Å². The molecule has 3 aromatic rings. The van der Waals surface area contributed by atoms with Gasteiger partial charge in [0.15, 0.2) is 0 Å². The predicted molar refractivity (Wildman–Crippen MR) is 132 cm³/mol. The second-order valence-electron chi connectivity index (χ2n) is 8.67. The number of likely N-dealkylation sites (N-methyl/N-ethyl adjacent to an activating group) is 1. The summed E-state index contributed by atoms with van der Waals surface area (Å²) in [6.07, 6.45) is 0. The van der Waals surface area contributed by atoms with Crippen LogP contribution in [0.4, 0.5) is 0 Å². The highest BCUT2D eigenvalue weighted by Gasteiger charge is 2.14. The quantitative estimate of drug-likeness (QED) is 0.561. The molecule has 1 fully saturated rings. The van der Waals surface area contributed by atoms with E-state index in [0.29, 0.717) is 23.4 Å². The number of benzene rings is 3. The fraction of sp³-hybridized carbons (Fsp3) is 0.286. The summed E-state index contributed by atoms with van der Waals surface area (Å²) < 4.78 is 5.84. The Hall–Kier alpha value is -3.66. The maximum absolute atomic E-state index is 12.8. The number of piperazine rings is 1. The summed E-state index contributed by atoms with van der Waals surface area (Å²) in [7, 11) is 2.16. The van der Waals surface area contributed by atoms with Crippen molar-refractivity contribution in [2.45, 2.75) is 19.7 Å². The molecule has 1 amide bonds. The Morgan fingerprint density at radius 3 is 2.56 bits per heavy atom. The van der Waals surface area contributed by atoms with Crippen molar-refractivity contribution < 1.29 is 9.53 Å². The Balaban J connectivity index is 1.31. The molecule has 6 heteroatoms. The number of hydrogen-bond acceptors (Lipinski definition) is 5. The fourth-order valence-corrected chi connectivity index (χ4v) is 4.03. The topological polar surface area (TPSA) is 68.6 Å². The van der Waals surface area contributed by atoms with Crippen LogP contribution < -0.4 is 10.1 Å². The standard InChI is InChI=1S/C28H30N4O2/c1-31-12-14-32(15-13-31)20-23-7-4-6-22(16-23)19-30-28(33)24-10-5-11-27(17-24)34-21-26-9-3-2-8-25(26)18-29/h2-11,16-17H,12-15,19-21H2,1H3,(H,30,33). The van der Waals surface area contributed by atoms with Crippen LogP contribution in [0.2, 0.25) is 0 Å². The smallest absolute Gasteiger partial charge is 0.251 e. The van der Waals surface area contributed by atoms with Crippen LogP contribution in [-0.4, -0.2) is 48.9 Å². The predicted octanol–water partition coefficient (Wildman–Crippen LogP) is 3.81. The molecule has 0 saturated carbocycles. The van der Waals surface area contributed by atoms with Gasteiger partial charge in [0.25, 0.3) is 5.91 Å². The van der Waals surface area contributed by atoms with E-state index >= 15 is 0 Å². The average Bonchev–Trinajstić information content (AvgIpc) is 2.88. The summed E-state index contributed by atoms with van der Waals surface area (Å²) in [4.78, 5) is 17.6. The van der Waals surface area contributed by atoms with Crippen molar-refractivity contribution in [1.29, 1.82) is 5.26 Å². The Morgan fingerprint density at radius 1 is 0.971 bits per heavy atom. The molecule has 1 aliphatic heterocycles. The fourth-order valence-electron chi connectivity index (χ4n) is 4.03. The molecule has 0 spiro atoms. The van der Waals surface area contributed by atoms with Crippen molar-refractivity contribution in [3.8, 4) is 11.8 Å². The summed E-state index contributed by atoms with van der Waals surface area (Å²) >= 11 is 0. The van der Waals surface area contributed by atoms with Crippen LogP contribution in [0.5, 0.6) is 5.75 Å². The SMILES string of the molecule is CN1CCN(Cc2cccc(CNC(=O)c3cccc(OCc4ccccc4C#N)c3)c2)CC1. The molecule has 34 heavy (non-hydrogen) atoms. The van der Waals surface area contributed by atoms with E-state index in [1.807, 2.05) is 30.3 Å². The van der Waals surface area contributed by atoms with E-state index in [9.17, 15) is 10.1 Å². The molecule has 174 valence electrons. The Kier molecular flexibility index (Phi) is 7.92. The van der Waals surface area contributed by atoms with Crippen LogP contribution in [0.3, 0.4) is 0 Å². The molecule has 1 saturated heterocycles. The van der Waals surface area contributed by atoms with Gasteiger partial charge in [-0.25, -0.2) is 0 Å². The van der Waals surface area contributed by atoms with Crippen LogP contribution >= 0.6 is 0 Å². The summed E-state index contributed by atoms with van der Waals surface area (Å²) in [6, 6.07) is 25.1. The number of ether oxygens (including phenoxy) is 1. The Morgan fingerprint density at radius 2 is 1.74 bits per heavy atom. The van der Waals surface area contributed by atoms with Crippen LogP contribution in [0.1, 0.15) is 32.6 Å². The van der Waals surface area contributed by atoms with Gasteiger partial charge in [0.2, 0.25) is 0 Å². The van der Waals surface area contributed by atoms with E-state index in [1.165, 1.54) is 5.56 Å². The minimum atomic E-state index is -0.146. The molecular weight excluding hydrogens is 424 g/mol. The highest BCUT2D eigenvalue weighted by atomic mass is 16.5. The number of nitriles is 1. The zero-order valence-corrected chi connectivity index (χ0v) is 19.5. The number of rotatable bonds is 8. The van der Waals surface area contributed by atoms with Crippen LogP contribution in [-0.2, 0) is 19.7 Å². The van der Waals surface area contributed by atoms with Crippen molar-refractivity contribution in [3.63, 3.8) is 0 Å². The molecular formula is C28H30N4O2. The normalized spacial score (nSPS) is 14.4. The van der Waals surface area contributed by atoms with Crippen molar-refractivity contribution in [1.82, 2.24) is 15.1 Å². The lowest BCUT2D eigenvalue weighted by Gasteiger charge is -2.32. The maximum atomic E-state index is 12.8. The van der Waals surface area contributed by atoms with Gasteiger partial charge in [-0.15, -0.1) is 0 Å². The largest absolute Gasteiger partial charge is 0.489 e. The van der Waals surface area contributed by atoms with Crippen LogP contribution in [0.15, 0.2) is 72.8 Å². The molecule has 1 aliphatic rings. The summed E-state index contributed by atoms with van der Waals surface area (Å²) in [5, 5.41) is 12.2. The zero-order chi connectivity index (χ0) is 23.8. The van der Waals surface area contributed by atoms with Gasteiger partial charge in [0, 0.05) is 50.4 Å². The van der Waals surface area contributed by atoms with E-state index in [1.54, 1.807) is 24.3 Å². The lowest BCUT2D eigenvalue weighted by Crippen LogP contribution is -2.43. The second kappa shape index (κ2) is 11.5. The first-order valence-electron chi connectivity index (χ1n) is 11.6. The Bertz CT molecular complexity index is 1160. The number of nitrogens with zero attached hydrogens (tertiary/aromatic N) is 3. The third-order valence-electron chi connectivity index (χ3n) is 6.07. The first-order valence-corrected chi connectivity index (χ1v) is 11.6. The van der Waals surface area contributed by atoms with Gasteiger partial charge in [-0.05, 0) is 42.4 Å². The molecule has 0 radical (unpaired) electrons. The van der Waals surface area contributed by atoms with Crippen molar-refractivity contribution in [2.24, 2.45) is 0 Å². The van der Waals surface area contributed by atoms with E-state index in [2.05, 4.69) is 46.4 Å². The maximum Gasteiger partial charge on any atom is 0.251 e. The highest BCUT2D eigenvalue weighted by Crippen LogP contribution is 2.17. The lowest BCUT2D eigenvalue weighted by molar-refractivity contribution is 0.0950. The molecule has 4 rings (SSSR count). The van der Waals surface area contributed by atoms with E-state index in [0.717, 1.165) is 43.9 Å². The monoisotopic (exact) mass is 454 g/mol. The van der Waals surface area contributed by atoms with Gasteiger partial charge in [-0.3, -0.25) is 9.69 Å². The van der Waals surface area contributed by atoms with Crippen LogP contribution in [0.25, 0.3) is 0 Å². The number of amides is 1. The molecule has 0 unspecified atom stereocenters. The van der Waals surface area contributed by atoms with Gasteiger partial charge < -0.3 is 15.0 Å². The zero-order valence-electron chi connectivity index (χ0n) is 19.5. The molecule has 1 heterocycles. The third-order valence-corrected chi connectivity index (χ3v) is 6.07. The first kappa shape index (κ1) is 23.5. The first-order chi connectivity index (χ1) is 16.6. The van der Waals surface area contributed by atoms with Gasteiger partial charge in [0.05, 0.1) is 11.6 Å². The number of hydrogen-bond donors (Lipinski definition) is 1. The van der Waals surface area contributed by atoms with Gasteiger partial charge in [-0.1, -0.05) is 48.5 Å². The summed E-state index contributed by atoms with van der Waals surface area (Å²) in [5.41, 5.74) is 4.30. The number of carbonyl (C=O) groups is 1. The molecule has 0 aliphatic carbocycles. The Labute approximate surface area is 201 Å². The molecule has 0 atom stereocenters. The van der Waals surface area contributed by atoms with E-state index < -0.39 is 0 Å². The number of carbonyl (C=O) groups excluding carboxylic acids is 1. The number of nitrogens with one attached hydrogen (secondary N) is 1. The average molecular weight is 455 g/mol. The second-order valence-corrected chi connectivity index (χ2v) is 8.67. The van der Waals surface area contributed by atoms with Crippen molar-refractivity contribution in [3.05, 3.63) is 101 Å². The van der Waals surface area contributed by atoms with Crippen LogP contribution in [0, 0.1) is 11.3 Å².